The molecule has 0 aliphatic rings. The summed E-state index contributed by atoms with van der Waals surface area (Å²) in [6.45, 7) is 2.96. The molecule has 0 saturated heterocycles. The summed E-state index contributed by atoms with van der Waals surface area (Å²) in [6.07, 6.45) is 3.87. The van der Waals surface area contributed by atoms with E-state index in [1.165, 1.54) is 11.4 Å². The van der Waals surface area contributed by atoms with Crippen molar-refractivity contribution in [2.75, 3.05) is 30.8 Å². The summed E-state index contributed by atoms with van der Waals surface area (Å²) in [5.41, 5.74) is 0.490. The number of nitrogens with zero attached hydrogens (tertiary/aromatic N) is 1. The highest BCUT2D eigenvalue weighted by molar-refractivity contribution is 7.92. The molecular formula is C16H26N2O4S. The third-order valence-corrected chi connectivity index (χ3v) is 4.55. The molecule has 7 heteroatoms. The fraction of sp³-hybridized carbons (Fsp3) is 0.562. The lowest BCUT2D eigenvalue weighted by Gasteiger charge is -2.24. The van der Waals surface area contributed by atoms with Crippen molar-refractivity contribution in [1.29, 1.82) is 0 Å². The molecule has 0 bridgehead atoms. The van der Waals surface area contributed by atoms with Crippen molar-refractivity contribution in [3.05, 3.63) is 24.3 Å². The molecular weight excluding hydrogens is 316 g/mol. The third kappa shape index (κ3) is 6.48. The van der Waals surface area contributed by atoms with Crippen molar-refractivity contribution in [3.63, 3.8) is 0 Å². The highest BCUT2D eigenvalue weighted by Gasteiger charge is 2.20. The molecule has 0 radical (unpaired) electrons. The normalized spacial score (nSPS) is 11.1. The van der Waals surface area contributed by atoms with Gasteiger partial charge in [0.25, 0.3) is 0 Å². The number of ether oxygens (including phenoxy) is 1. The number of para-hydroxylation sites is 2. The van der Waals surface area contributed by atoms with Crippen molar-refractivity contribution in [2.45, 2.75) is 32.6 Å². The summed E-state index contributed by atoms with van der Waals surface area (Å²) >= 11 is 0. The van der Waals surface area contributed by atoms with Gasteiger partial charge in [-0.3, -0.25) is 9.10 Å². The predicted octanol–water partition coefficient (Wildman–Crippen LogP) is 2.16. The second kappa shape index (κ2) is 9.39. The van der Waals surface area contributed by atoms with E-state index in [-0.39, 0.29) is 12.5 Å². The molecule has 0 fully saturated rings. The number of hydrogen-bond acceptors (Lipinski definition) is 4. The zero-order valence-electron chi connectivity index (χ0n) is 14.0. The molecule has 0 saturated carbocycles. The van der Waals surface area contributed by atoms with Crippen LogP contribution in [-0.2, 0) is 14.8 Å². The first-order chi connectivity index (χ1) is 10.9. The quantitative estimate of drug-likeness (QED) is 0.661. The molecule has 1 amide bonds. The first-order valence-corrected chi connectivity index (χ1v) is 9.62. The van der Waals surface area contributed by atoms with E-state index in [9.17, 15) is 13.2 Å². The predicted molar refractivity (Wildman–Crippen MR) is 92.3 cm³/mol. The number of amides is 1. The van der Waals surface area contributed by atoms with Gasteiger partial charge in [0.15, 0.2) is 0 Å². The average molecular weight is 342 g/mol. The number of anilines is 1. The smallest absolute Gasteiger partial charge is 0.232 e. The van der Waals surface area contributed by atoms with Crippen LogP contribution in [0.25, 0.3) is 0 Å². The standard InChI is InChI=1S/C16H26N2O4S/c1-4-5-12-17-16(19)11-8-13-18(23(3,20)21)14-9-6-7-10-15(14)22-2/h6-7,9-10H,4-5,8,11-13H2,1-3H3,(H,17,19). The first kappa shape index (κ1) is 19.3. The lowest BCUT2D eigenvalue weighted by molar-refractivity contribution is -0.121. The van der Waals surface area contributed by atoms with Crippen LogP contribution in [0.5, 0.6) is 5.75 Å². The maximum absolute atomic E-state index is 12.1. The molecule has 23 heavy (non-hydrogen) atoms. The molecule has 0 spiro atoms. The lowest BCUT2D eigenvalue weighted by Crippen LogP contribution is -2.32. The summed E-state index contributed by atoms with van der Waals surface area (Å²) in [7, 11) is -1.95. The summed E-state index contributed by atoms with van der Waals surface area (Å²) in [4.78, 5) is 11.7. The lowest BCUT2D eigenvalue weighted by atomic mass is 10.2. The van der Waals surface area contributed by atoms with Crippen molar-refractivity contribution in [2.24, 2.45) is 0 Å². The number of unbranched alkanes of at least 4 members (excludes halogenated alkanes) is 1. The van der Waals surface area contributed by atoms with E-state index in [0.717, 1.165) is 19.1 Å². The Labute approximate surface area is 138 Å². The topological polar surface area (TPSA) is 75.7 Å². The Morgan fingerprint density at radius 1 is 1.26 bits per heavy atom. The van der Waals surface area contributed by atoms with Crippen LogP contribution in [0.4, 0.5) is 5.69 Å². The zero-order chi connectivity index (χ0) is 17.3. The van der Waals surface area contributed by atoms with Crippen LogP contribution in [-0.4, -0.2) is 40.8 Å². The van der Waals surface area contributed by atoms with Gasteiger partial charge in [0.1, 0.15) is 5.75 Å². The van der Waals surface area contributed by atoms with Crippen LogP contribution in [0, 0.1) is 0 Å². The highest BCUT2D eigenvalue weighted by atomic mass is 32.2. The monoisotopic (exact) mass is 342 g/mol. The van der Waals surface area contributed by atoms with Gasteiger partial charge >= 0.3 is 0 Å². The van der Waals surface area contributed by atoms with Crippen molar-refractivity contribution < 1.29 is 17.9 Å². The second-order valence-electron chi connectivity index (χ2n) is 5.31. The molecule has 0 aromatic heterocycles. The minimum atomic E-state index is -3.45. The Balaban J connectivity index is 2.69. The van der Waals surface area contributed by atoms with Crippen molar-refractivity contribution >= 4 is 21.6 Å². The van der Waals surface area contributed by atoms with E-state index < -0.39 is 10.0 Å². The minimum Gasteiger partial charge on any atom is -0.495 e. The fourth-order valence-corrected chi connectivity index (χ4v) is 3.15. The maximum atomic E-state index is 12.1. The molecule has 1 N–H and O–H groups in total. The van der Waals surface area contributed by atoms with Crippen LogP contribution in [0.2, 0.25) is 0 Å². The Morgan fingerprint density at radius 2 is 1.96 bits per heavy atom. The molecule has 0 unspecified atom stereocenters. The Bertz CT molecular complexity index is 602. The highest BCUT2D eigenvalue weighted by Crippen LogP contribution is 2.29. The molecule has 0 aliphatic carbocycles. The summed E-state index contributed by atoms with van der Waals surface area (Å²) in [5, 5.41) is 2.83. The maximum Gasteiger partial charge on any atom is 0.232 e. The van der Waals surface area contributed by atoms with Gasteiger partial charge in [-0.15, -0.1) is 0 Å². The number of carbonyl (C=O) groups excluding carboxylic acids is 1. The molecule has 0 heterocycles. The zero-order valence-corrected chi connectivity index (χ0v) is 14.9. The Kier molecular flexibility index (Phi) is 7.88. The minimum absolute atomic E-state index is 0.0491. The number of nitrogens with one attached hydrogen (secondary N) is 1. The molecule has 1 aromatic rings. The van der Waals surface area contributed by atoms with Gasteiger partial charge in [-0.1, -0.05) is 25.5 Å². The van der Waals surface area contributed by atoms with Crippen LogP contribution in [0.15, 0.2) is 24.3 Å². The van der Waals surface area contributed by atoms with Crippen LogP contribution in [0.3, 0.4) is 0 Å². The van der Waals surface area contributed by atoms with Crippen molar-refractivity contribution in [3.8, 4) is 5.75 Å². The van der Waals surface area contributed by atoms with Crippen LogP contribution in [0.1, 0.15) is 32.6 Å². The SMILES string of the molecule is CCCCNC(=O)CCCN(c1ccccc1OC)S(C)(=O)=O. The van der Waals surface area contributed by atoms with Gasteiger partial charge in [0, 0.05) is 19.5 Å². The molecule has 0 atom stereocenters. The molecule has 130 valence electrons. The third-order valence-electron chi connectivity index (χ3n) is 3.37. The summed E-state index contributed by atoms with van der Waals surface area (Å²) in [6, 6.07) is 6.95. The fourth-order valence-electron chi connectivity index (χ4n) is 2.18. The van der Waals surface area contributed by atoms with E-state index in [0.29, 0.717) is 30.8 Å². The number of methoxy groups -OCH3 is 1. The van der Waals surface area contributed by atoms with Gasteiger partial charge in [-0.2, -0.15) is 0 Å². The van der Waals surface area contributed by atoms with E-state index in [1.54, 1.807) is 24.3 Å². The average Bonchev–Trinajstić information content (AvgIpc) is 2.50. The van der Waals surface area contributed by atoms with Gasteiger partial charge in [-0.05, 0) is 25.0 Å². The number of carbonyl (C=O) groups is 1. The van der Waals surface area contributed by atoms with Gasteiger partial charge in [0.2, 0.25) is 15.9 Å². The second-order valence-corrected chi connectivity index (χ2v) is 7.22. The van der Waals surface area contributed by atoms with E-state index in [2.05, 4.69) is 12.2 Å². The summed E-state index contributed by atoms with van der Waals surface area (Å²) in [5.74, 6) is 0.442. The largest absolute Gasteiger partial charge is 0.495 e. The van der Waals surface area contributed by atoms with Crippen LogP contribution < -0.4 is 14.4 Å². The summed E-state index contributed by atoms with van der Waals surface area (Å²) < 4.78 is 30.6. The Hall–Kier alpha value is -1.76. The van der Waals surface area contributed by atoms with Crippen molar-refractivity contribution in [1.82, 2.24) is 5.32 Å². The van der Waals surface area contributed by atoms with Gasteiger partial charge in [0.05, 0.1) is 19.1 Å². The number of sulfonamides is 1. The molecule has 1 aromatic carbocycles. The number of benzene rings is 1. The van der Waals surface area contributed by atoms with E-state index in [4.69, 9.17) is 4.74 Å². The number of hydrogen-bond donors (Lipinski definition) is 1. The molecule has 1 rings (SSSR count). The Morgan fingerprint density at radius 3 is 2.57 bits per heavy atom. The van der Waals surface area contributed by atoms with Gasteiger partial charge in [-0.25, -0.2) is 8.42 Å². The number of rotatable bonds is 10. The van der Waals surface area contributed by atoms with Crippen LogP contribution >= 0.6 is 0 Å². The molecule has 0 aliphatic heterocycles. The van der Waals surface area contributed by atoms with Gasteiger partial charge < -0.3 is 10.1 Å². The molecule has 6 nitrogen and oxygen atoms in total. The first-order valence-electron chi connectivity index (χ1n) is 7.77. The van der Waals surface area contributed by atoms with E-state index in [1.807, 2.05) is 0 Å². The van der Waals surface area contributed by atoms with E-state index >= 15 is 0 Å².